The van der Waals surface area contributed by atoms with E-state index in [0.29, 0.717) is 17.4 Å². The number of hydrogen-bond donors (Lipinski definition) is 2. The van der Waals surface area contributed by atoms with Crippen molar-refractivity contribution in [3.63, 3.8) is 0 Å². The van der Waals surface area contributed by atoms with Crippen LogP contribution in [0.3, 0.4) is 0 Å². The highest BCUT2D eigenvalue weighted by atomic mass is 127. The van der Waals surface area contributed by atoms with Crippen LogP contribution in [0.1, 0.15) is 50.6 Å². The van der Waals surface area contributed by atoms with E-state index in [2.05, 4.69) is 49.9 Å². The second kappa shape index (κ2) is 10.5. The van der Waals surface area contributed by atoms with Crippen LogP contribution < -0.4 is 10.1 Å². The molecule has 1 fully saturated rings. The molecule has 0 aliphatic carbocycles. The molecule has 0 bridgehead atoms. The molecule has 0 unspecified atom stereocenters. The fourth-order valence-corrected chi connectivity index (χ4v) is 4.71. The molecule has 2 N–H and O–H groups in total. The van der Waals surface area contributed by atoms with E-state index >= 15 is 0 Å². The van der Waals surface area contributed by atoms with Crippen LogP contribution in [0.2, 0.25) is 0 Å². The highest BCUT2D eigenvalue weighted by molar-refractivity contribution is 14.1. The summed E-state index contributed by atoms with van der Waals surface area (Å²) in [5.41, 5.74) is 2.82. The van der Waals surface area contributed by atoms with Gasteiger partial charge in [-0.3, -0.25) is 10.4 Å². The monoisotopic (exact) mass is 532 g/mol. The van der Waals surface area contributed by atoms with Crippen molar-refractivity contribution in [1.82, 2.24) is 15.1 Å². The molecule has 0 atom stereocenters. The van der Waals surface area contributed by atoms with Crippen LogP contribution >= 0.6 is 22.6 Å². The summed E-state index contributed by atoms with van der Waals surface area (Å²) in [4.78, 5) is 15.0. The van der Waals surface area contributed by atoms with Gasteiger partial charge in [0.1, 0.15) is 5.75 Å². The topological polar surface area (TPSA) is 70.2 Å². The van der Waals surface area contributed by atoms with Crippen LogP contribution in [0.15, 0.2) is 42.5 Å². The number of amides is 1. The van der Waals surface area contributed by atoms with Crippen molar-refractivity contribution in [3.05, 3.63) is 51.7 Å². The molecule has 0 saturated carbocycles. The molecule has 1 aliphatic heterocycles. The van der Waals surface area contributed by atoms with Gasteiger partial charge in [-0.15, -0.1) is 0 Å². The minimum absolute atomic E-state index is 0.448. The molecular weight excluding hydrogens is 503 g/mol. The minimum atomic E-state index is -0.492. The number of aromatic nitrogens is 2. The molecule has 2 aromatic carbocycles. The number of piperidine rings is 1. The number of rotatable bonds is 7. The number of H-pyrrole nitrogens is 1. The smallest absolute Gasteiger partial charge is 0.409 e. The zero-order valence-electron chi connectivity index (χ0n) is 17.9. The van der Waals surface area contributed by atoms with E-state index in [4.69, 9.17) is 4.74 Å². The Kier molecular flexibility index (Phi) is 7.45. The molecule has 6 nitrogen and oxygen atoms in total. The number of carbonyl (C=O) groups excluding carboxylic acids is 1. The third kappa shape index (κ3) is 5.57. The van der Waals surface area contributed by atoms with E-state index in [1.54, 1.807) is 6.07 Å². The lowest BCUT2D eigenvalue weighted by molar-refractivity contribution is 0.207. The van der Waals surface area contributed by atoms with Crippen LogP contribution in [-0.2, 0) is 0 Å². The number of ether oxygens (including phenoxy) is 1. The summed E-state index contributed by atoms with van der Waals surface area (Å²) < 4.78 is 6.35. The largest absolute Gasteiger partial charge is 0.417 e. The Morgan fingerprint density at radius 1 is 1.23 bits per heavy atom. The Labute approximate surface area is 196 Å². The Morgan fingerprint density at radius 2 is 2.03 bits per heavy atom. The van der Waals surface area contributed by atoms with Crippen molar-refractivity contribution in [1.29, 1.82) is 0 Å². The summed E-state index contributed by atoms with van der Waals surface area (Å²) in [6.45, 7) is 5.71. The Bertz CT molecular complexity index is 1030. The second-order valence-electron chi connectivity index (χ2n) is 8.14. The molecule has 1 amide bonds. The predicted octanol–water partition coefficient (Wildman–Crippen LogP) is 6.15. The highest BCUT2D eigenvalue weighted by Gasteiger charge is 2.24. The third-order valence-electron chi connectivity index (χ3n) is 5.93. The first-order valence-electron chi connectivity index (χ1n) is 11.1. The Balaban J connectivity index is 1.41. The number of likely N-dealkylation sites (tertiary alicyclic amines) is 1. The third-order valence-corrected chi connectivity index (χ3v) is 6.82. The molecule has 0 radical (unpaired) electrons. The minimum Gasteiger partial charge on any atom is -0.409 e. The van der Waals surface area contributed by atoms with Crippen LogP contribution in [0, 0.1) is 3.57 Å². The van der Waals surface area contributed by atoms with Crippen molar-refractivity contribution in [3.8, 4) is 5.75 Å². The first kappa shape index (κ1) is 22.1. The van der Waals surface area contributed by atoms with Crippen LogP contribution in [0.25, 0.3) is 10.9 Å². The number of fused-ring (bicyclic) bond motifs is 1. The lowest BCUT2D eigenvalue weighted by Crippen LogP contribution is -2.33. The lowest BCUT2D eigenvalue weighted by Gasteiger charge is -2.31. The standard InChI is InChI=1S/C24H29IN4O2/c1-2-3-6-13-29-14-11-17(12-15-29)23-19-16-18(9-10-21(19)27-28-23)26-24(30)31-22-8-5-4-7-20(22)25/h4-5,7-10,16-17H,2-3,6,11-15H2,1H3,(H,26,30)(H,27,28). The van der Waals surface area contributed by atoms with Gasteiger partial charge in [-0.2, -0.15) is 5.10 Å². The average molecular weight is 532 g/mol. The first-order chi connectivity index (χ1) is 15.1. The van der Waals surface area contributed by atoms with Crippen molar-refractivity contribution >= 4 is 45.3 Å². The van der Waals surface area contributed by atoms with Crippen molar-refractivity contribution in [2.45, 2.75) is 44.9 Å². The van der Waals surface area contributed by atoms with Gasteiger partial charge in [0.05, 0.1) is 14.8 Å². The molecule has 7 heteroatoms. The number of benzene rings is 2. The summed E-state index contributed by atoms with van der Waals surface area (Å²) in [6, 6.07) is 13.3. The van der Waals surface area contributed by atoms with E-state index in [1.165, 1.54) is 25.8 Å². The highest BCUT2D eigenvalue weighted by Crippen LogP contribution is 2.33. The molecule has 1 aromatic heterocycles. The first-order valence-corrected chi connectivity index (χ1v) is 12.2. The maximum absolute atomic E-state index is 12.4. The average Bonchev–Trinajstić information content (AvgIpc) is 3.19. The van der Waals surface area contributed by atoms with Crippen LogP contribution in [0.5, 0.6) is 5.75 Å². The predicted molar refractivity (Wildman–Crippen MR) is 133 cm³/mol. The molecule has 1 aliphatic rings. The van der Waals surface area contributed by atoms with E-state index in [9.17, 15) is 4.79 Å². The molecule has 2 heterocycles. The van der Waals surface area contributed by atoms with Crippen LogP contribution in [0.4, 0.5) is 10.5 Å². The van der Waals surface area contributed by atoms with Gasteiger partial charge in [0.2, 0.25) is 0 Å². The van der Waals surface area contributed by atoms with Gasteiger partial charge in [0, 0.05) is 17.0 Å². The van der Waals surface area contributed by atoms with Crippen molar-refractivity contribution in [2.75, 3.05) is 25.0 Å². The van der Waals surface area contributed by atoms with Gasteiger partial charge in [-0.05, 0) is 91.8 Å². The van der Waals surface area contributed by atoms with Crippen molar-refractivity contribution < 1.29 is 9.53 Å². The summed E-state index contributed by atoms with van der Waals surface area (Å²) in [7, 11) is 0. The van der Waals surface area contributed by atoms with Gasteiger partial charge >= 0.3 is 6.09 Å². The van der Waals surface area contributed by atoms with E-state index in [1.807, 2.05) is 36.4 Å². The van der Waals surface area contributed by atoms with E-state index < -0.39 is 6.09 Å². The molecule has 164 valence electrons. The zero-order chi connectivity index (χ0) is 21.6. The maximum atomic E-state index is 12.4. The molecular formula is C24H29IN4O2. The zero-order valence-corrected chi connectivity index (χ0v) is 20.0. The molecule has 0 spiro atoms. The normalized spacial score (nSPS) is 15.3. The van der Waals surface area contributed by atoms with Gasteiger partial charge in [0.15, 0.2) is 0 Å². The van der Waals surface area contributed by atoms with E-state index in [-0.39, 0.29) is 0 Å². The van der Waals surface area contributed by atoms with Gasteiger partial charge < -0.3 is 9.64 Å². The SMILES string of the molecule is CCCCCN1CCC(c2n[nH]c3ccc(NC(=O)Oc4ccccc4I)cc23)CC1. The summed E-state index contributed by atoms with van der Waals surface area (Å²) in [5, 5.41) is 11.7. The lowest BCUT2D eigenvalue weighted by atomic mass is 9.91. The second-order valence-corrected chi connectivity index (χ2v) is 9.30. The quantitative estimate of drug-likeness (QED) is 0.283. The number of para-hydroxylation sites is 1. The number of carbonyl (C=O) groups is 1. The Morgan fingerprint density at radius 3 is 2.81 bits per heavy atom. The number of halogens is 1. The molecule has 31 heavy (non-hydrogen) atoms. The number of unbranched alkanes of at least 4 members (excludes halogenated alkanes) is 2. The maximum Gasteiger partial charge on any atom is 0.417 e. The Hall–Kier alpha value is -2.13. The summed E-state index contributed by atoms with van der Waals surface area (Å²) >= 11 is 2.15. The fraction of sp³-hybridized carbons (Fsp3) is 0.417. The van der Waals surface area contributed by atoms with Gasteiger partial charge in [0.25, 0.3) is 0 Å². The van der Waals surface area contributed by atoms with Crippen molar-refractivity contribution in [2.24, 2.45) is 0 Å². The van der Waals surface area contributed by atoms with Gasteiger partial charge in [-0.1, -0.05) is 31.9 Å². The molecule has 4 rings (SSSR count). The summed E-state index contributed by atoms with van der Waals surface area (Å²) in [6.07, 6.45) is 5.63. The molecule has 1 saturated heterocycles. The summed E-state index contributed by atoms with van der Waals surface area (Å²) in [5.74, 6) is 1.00. The number of anilines is 1. The fourth-order valence-electron chi connectivity index (χ4n) is 4.21. The number of nitrogens with one attached hydrogen (secondary N) is 2. The number of aromatic amines is 1. The van der Waals surface area contributed by atoms with E-state index in [0.717, 1.165) is 46.1 Å². The molecule has 3 aromatic rings. The number of nitrogens with zero attached hydrogens (tertiary/aromatic N) is 2. The van der Waals surface area contributed by atoms with Crippen LogP contribution in [-0.4, -0.2) is 40.8 Å². The van der Waals surface area contributed by atoms with Gasteiger partial charge in [-0.25, -0.2) is 4.79 Å². The number of hydrogen-bond acceptors (Lipinski definition) is 4.